The van der Waals surface area contributed by atoms with Crippen LogP contribution in [-0.4, -0.2) is 81.7 Å². The van der Waals surface area contributed by atoms with Crippen LogP contribution in [0.15, 0.2) is 36.5 Å². The third-order valence-electron chi connectivity index (χ3n) is 9.07. The van der Waals surface area contributed by atoms with Crippen molar-refractivity contribution in [1.82, 2.24) is 36.5 Å². The van der Waals surface area contributed by atoms with Crippen molar-refractivity contribution in [3.8, 4) is 0 Å². The fourth-order valence-corrected chi connectivity index (χ4v) is 6.99. The zero-order chi connectivity index (χ0) is 29.1. The first-order chi connectivity index (χ1) is 19.5. The highest BCUT2D eigenvalue weighted by Gasteiger charge is 2.66. The number of aromatic nitrogens is 1. The molecule has 12 nitrogen and oxygen atoms in total. The summed E-state index contributed by atoms with van der Waals surface area (Å²) in [6.07, 6.45) is 3.37. The number of hydrogen-bond donors (Lipinski definition) is 8. The number of aliphatic hydroxyl groups is 1. The number of nitrogens with one attached hydrogen (secondary N) is 7. The molecule has 1 aromatic carbocycles. The molecule has 4 heterocycles. The van der Waals surface area contributed by atoms with E-state index < -0.39 is 29.9 Å². The molecule has 1 aromatic heterocycles. The maximum Gasteiger partial charge on any atom is 0.269 e. The van der Waals surface area contributed by atoms with Gasteiger partial charge in [-0.1, -0.05) is 32.0 Å². The van der Waals surface area contributed by atoms with Gasteiger partial charge in [0, 0.05) is 24.8 Å². The lowest BCUT2D eigenvalue weighted by atomic mass is 9.71. The summed E-state index contributed by atoms with van der Waals surface area (Å²) >= 11 is 0. The summed E-state index contributed by atoms with van der Waals surface area (Å²) in [5, 5.41) is 44.0. The van der Waals surface area contributed by atoms with Crippen LogP contribution in [0.1, 0.15) is 64.2 Å². The Morgan fingerprint density at radius 1 is 1.17 bits per heavy atom. The minimum absolute atomic E-state index is 0.00147. The number of aryl methyl sites for hydroxylation is 1. The average molecular weight is 560 g/mol. The normalized spacial score (nSPS) is 29.3. The van der Waals surface area contributed by atoms with Gasteiger partial charge < -0.3 is 36.6 Å². The van der Waals surface area contributed by atoms with Crippen molar-refractivity contribution in [2.24, 2.45) is 0 Å². The van der Waals surface area contributed by atoms with Crippen LogP contribution in [0.5, 0.6) is 0 Å². The summed E-state index contributed by atoms with van der Waals surface area (Å²) in [5.74, 6) is -0.584. The quantitative estimate of drug-likeness (QED) is 0.258. The van der Waals surface area contributed by atoms with Gasteiger partial charge in [0.2, 0.25) is 0 Å². The van der Waals surface area contributed by atoms with Crippen LogP contribution >= 0.6 is 0 Å². The minimum atomic E-state index is -1.26. The predicted octanol–water partition coefficient (Wildman–Crippen LogP) is 0.308. The molecule has 0 bridgehead atoms. The van der Waals surface area contributed by atoms with E-state index in [0.717, 1.165) is 30.4 Å². The number of amides is 2. The molecule has 1 aliphatic carbocycles. The van der Waals surface area contributed by atoms with E-state index in [9.17, 15) is 14.7 Å². The lowest BCUT2D eigenvalue weighted by Gasteiger charge is -2.49. The van der Waals surface area contributed by atoms with Gasteiger partial charge in [0.1, 0.15) is 11.8 Å². The summed E-state index contributed by atoms with van der Waals surface area (Å²) in [6.45, 7) is 6.58. The van der Waals surface area contributed by atoms with Gasteiger partial charge in [0.25, 0.3) is 11.8 Å². The largest absolute Gasteiger partial charge is 0.386 e. The number of benzene rings is 1. The number of guanidine groups is 2. The molecule has 2 unspecified atom stereocenters. The molecule has 3 saturated heterocycles. The van der Waals surface area contributed by atoms with E-state index in [0.29, 0.717) is 5.56 Å². The molecule has 3 aliphatic heterocycles. The smallest absolute Gasteiger partial charge is 0.269 e. The summed E-state index contributed by atoms with van der Waals surface area (Å²) in [4.78, 5) is 32.2. The van der Waals surface area contributed by atoms with Crippen LogP contribution in [0.4, 0.5) is 0 Å². The molecule has 2 amide bonds. The van der Waals surface area contributed by atoms with Crippen molar-refractivity contribution in [3.05, 3.63) is 64.5 Å². The van der Waals surface area contributed by atoms with E-state index in [1.807, 2.05) is 25.1 Å². The van der Waals surface area contributed by atoms with Crippen LogP contribution in [-0.2, 0) is 11.8 Å². The van der Waals surface area contributed by atoms with E-state index in [1.165, 1.54) is 5.56 Å². The predicted molar refractivity (Wildman–Crippen MR) is 153 cm³/mol. The number of fused-ring (bicyclic) bond motifs is 1. The van der Waals surface area contributed by atoms with Crippen LogP contribution in [0.3, 0.4) is 0 Å². The van der Waals surface area contributed by atoms with Crippen LogP contribution < -0.4 is 26.6 Å². The van der Waals surface area contributed by atoms with E-state index >= 15 is 0 Å². The fourth-order valence-electron chi connectivity index (χ4n) is 6.99. The Bertz CT molecular complexity index is 1430. The zero-order valence-corrected chi connectivity index (χ0v) is 23.5. The van der Waals surface area contributed by atoms with Crippen molar-refractivity contribution in [3.63, 3.8) is 0 Å². The SMILES string of the molecule is Cc1ccc(C(=O)NC[C@@H]2NC(=N)N3CC(NC(=O)c4cccc5c4CCCC5(C)C)[C@@H](O)C34NC(=N)N[C@@H]24)nc1. The van der Waals surface area contributed by atoms with E-state index in [-0.39, 0.29) is 47.9 Å². The van der Waals surface area contributed by atoms with Gasteiger partial charge in [-0.2, -0.15) is 0 Å². The molecule has 8 N–H and O–H groups in total. The van der Waals surface area contributed by atoms with E-state index in [4.69, 9.17) is 10.8 Å². The van der Waals surface area contributed by atoms with Gasteiger partial charge in [-0.3, -0.25) is 25.4 Å². The number of pyridine rings is 1. The van der Waals surface area contributed by atoms with E-state index in [2.05, 4.69) is 51.5 Å². The molecule has 4 aliphatic rings. The van der Waals surface area contributed by atoms with Crippen molar-refractivity contribution < 1.29 is 14.7 Å². The number of aliphatic hydroxyl groups excluding tert-OH is 1. The molecule has 3 fully saturated rings. The number of rotatable bonds is 5. The molecule has 6 rings (SSSR count). The maximum atomic E-state index is 13.6. The van der Waals surface area contributed by atoms with Gasteiger partial charge in [0.05, 0.1) is 18.1 Å². The lowest BCUT2D eigenvalue weighted by Crippen LogP contribution is -2.78. The average Bonchev–Trinajstić information content (AvgIpc) is 3.43. The Hall–Kier alpha value is -4.19. The molecule has 41 heavy (non-hydrogen) atoms. The third kappa shape index (κ3) is 4.37. The topological polar surface area (TPSA) is 178 Å². The van der Waals surface area contributed by atoms with Crippen LogP contribution in [0, 0.1) is 17.7 Å². The minimum Gasteiger partial charge on any atom is -0.386 e. The van der Waals surface area contributed by atoms with Gasteiger partial charge in [-0.05, 0) is 60.4 Å². The van der Waals surface area contributed by atoms with Crippen molar-refractivity contribution in [2.45, 2.75) is 75.3 Å². The van der Waals surface area contributed by atoms with Gasteiger partial charge >= 0.3 is 0 Å². The van der Waals surface area contributed by atoms with Crippen molar-refractivity contribution in [1.29, 1.82) is 10.8 Å². The summed E-state index contributed by atoms with van der Waals surface area (Å²) in [7, 11) is 0. The van der Waals surface area contributed by atoms with Crippen LogP contribution in [0.2, 0.25) is 0 Å². The highest BCUT2D eigenvalue weighted by atomic mass is 16.3. The van der Waals surface area contributed by atoms with Crippen LogP contribution in [0.25, 0.3) is 0 Å². The zero-order valence-electron chi connectivity index (χ0n) is 23.5. The van der Waals surface area contributed by atoms with E-state index in [1.54, 1.807) is 17.2 Å². The highest BCUT2D eigenvalue weighted by Crippen LogP contribution is 2.39. The second-order valence-electron chi connectivity index (χ2n) is 12.2. The number of nitrogens with zero attached hydrogens (tertiary/aromatic N) is 2. The first kappa shape index (κ1) is 27.0. The van der Waals surface area contributed by atoms with Crippen molar-refractivity contribution >= 4 is 23.7 Å². The molecule has 216 valence electrons. The third-order valence-corrected chi connectivity index (χ3v) is 9.07. The van der Waals surface area contributed by atoms with Gasteiger partial charge in [-0.15, -0.1) is 0 Å². The number of hydrogen-bond acceptors (Lipinski definition) is 6. The Morgan fingerprint density at radius 2 is 1.98 bits per heavy atom. The van der Waals surface area contributed by atoms with Gasteiger partial charge in [-0.25, -0.2) is 0 Å². The summed E-state index contributed by atoms with van der Waals surface area (Å²) in [5.41, 5.74) is 2.81. The molecule has 2 aromatic rings. The Balaban J connectivity index is 1.22. The lowest BCUT2D eigenvalue weighted by molar-refractivity contribution is 0.00612. The Kier molecular flexibility index (Phi) is 6.40. The molecule has 12 heteroatoms. The highest BCUT2D eigenvalue weighted by molar-refractivity contribution is 5.97. The first-order valence-electron chi connectivity index (χ1n) is 14.1. The van der Waals surface area contributed by atoms with Crippen molar-refractivity contribution in [2.75, 3.05) is 13.1 Å². The first-order valence-corrected chi connectivity index (χ1v) is 14.1. The molecule has 1 spiro atoms. The Labute approximate surface area is 238 Å². The summed E-state index contributed by atoms with van der Waals surface area (Å²) in [6, 6.07) is 7.48. The number of carbonyl (C=O) groups is 2. The Morgan fingerprint density at radius 3 is 2.73 bits per heavy atom. The molecule has 0 radical (unpaired) electrons. The molecular formula is C29H37N9O3. The second kappa shape index (κ2) is 9.72. The molecule has 5 atom stereocenters. The van der Waals surface area contributed by atoms with Gasteiger partial charge in [0.15, 0.2) is 17.6 Å². The second-order valence-corrected chi connectivity index (χ2v) is 12.2. The molecule has 0 saturated carbocycles. The molecular weight excluding hydrogens is 522 g/mol. The standard InChI is InChI=1S/C29H37N9O3/c1-15-9-10-19(32-12-15)25(41)33-13-20-22-29(37-26(30)36-22)23(39)21(14-38(29)27(31)35-20)34-24(40)17-6-4-8-18-16(17)7-5-11-28(18,2)3/h4,6,8-10,12,20-23,39H,5,7,11,13-14H2,1-3H3,(H2,31,35)(H,33,41)(H,34,40)(H3,30,36,37)/t20-,21?,22-,23+,29?/m0/s1. The fraction of sp³-hybridized carbons (Fsp3) is 0.483. The maximum absolute atomic E-state index is 13.6. The monoisotopic (exact) mass is 559 g/mol. The summed E-state index contributed by atoms with van der Waals surface area (Å²) < 4.78 is 0. The number of carbonyl (C=O) groups excluding carboxylic acids is 2.